The highest BCUT2D eigenvalue weighted by Gasteiger charge is 2.23. The van der Waals surface area contributed by atoms with Crippen LogP contribution in [0.4, 0.5) is 0 Å². The van der Waals surface area contributed by atoms with Crippen LogP contribution in [0.2, 0.25) is 0 Å². The Balaban J connectivity index is 3.23. The van der Waals surface area contributed by atoms with Gasteiger partial charge >= 0.3 is 5.97 Å². The van der Waals surface area contributed by atoms with Crippen LogP contribution in [0, 0.1) is 0 Å². The van der Waals surface area contributed by atoms with Crippen LogP contribution in [0.25, 0.3) is 0 Å². The summed E-state index contributed by atoms with van der Waals surface area (Å²) in [4.78, 5) is 11.5. The molecule has 0 spiro atoms. The van der Waals surface area contributed by atoms with Gasteiger partial charge in [-0.25, -0.2) is 13.2 Å². The van der Waals surface area contributed by atoms with Gasteiger partial charge in [0.2, 0.25) is 10.0 Å². The lowest BCUT2D eigenvalue weighted by Gasteiger charge is -2.19. The van der Waals surface area contributed by atoms with Gasteiger partial charge in [0.15, 0.2) is 0 Å². The molecule has 6 heteroatoms. The monoisotopic (exact) mass is 295 g/mol. The summed E-state index contributed by atoms with van der Waals surface area (Å²) < 4.78 is 30.7. The number of hydrogen-bond donors (Lipinski definition) is 0. The molecule has 5 nitrogen and oxygen atoms in total. The lowest BCUT2D eigenvalue weighted by Crippen LogP contribution is -2.31. The van der Waals surface area contributed by atoms with Crippen LogP contribution >= 0.6 is 0 Å². The molecule has 0 aliphatic rings. The van der Waals surface area contributed by atoms with E-state index in [1.54, 1.807) is 0 Å². The lowest BCUT2D eigenvalue weighted by molar-refractivity contribution is 0.0600. The van der Waals surface area contributed by atoms with Gasteiger partial charge in [-0.15, -0.1) is 13.2 Å². The van der Waals surface area contributed by atoms with Crippen LogP contribution in [-0.2, 0) is 14.8 Å². The van der Waals surface area contributed by atoms with Gasteiger partial charge in [0.25, 0.3) is 0 Å². The minimum Gasteiger partial charge on any atom is -0.465 e. The lowest BCUT2D eigenvalue weighted by atomic mass is 10.2. The van der Waals surface area contributed by atoms with E-state index in [1.165, 1.54) is 47.8 Å². The van der Waals surface area contributed by atoms with Crippen molar-refractivity contribution < 1.29 is 17.9 Å². The average molecular weight is 295 g/mol. The molecule has 1 aromatic carbocycles. The van der Waals surface area contributed by atoms with E-state index in [0.29, 0.717) is 0 Å². The molecule has 0 radical (unpaired) electrons. The highest BCUT2D eigenvalue weighted by molar-refractivity contribution is 7.89. The SMILES string of the molecule is C=CCN(CC=C)S(=O)(=O)c1cccc(C(=O)OC)c1. The van der Waals surface area contributed by atoms with Gasteiger partial charge in [-0.1, -0.05) is 18.2 Å². The van der Waals surface area contributed by atoms with Crippen LogP contribution in [0.5, 0.6) is 0 Å². The minimum atomic E-state index is -3.71. The van der Waals surface area contributed by atoms with E-state index >= 15 is 0 Å². The van der Waals surface area contributed by atoms with Gasteiger partial charge in [-0.05, 0) is 18.2 Å². The number of rotatable bonds is 7. The number of nitrogens with zero attached hydrogens (tertiary/aromatic N) is 1. The first kappa shape index (κ1) is 16.1. The summed E-state index contributed by atoms with van der Waals surface area (Å²) in [7, 11) is -2.47. The second kappa shape index (κ2) is 7.02. The molecule has 108 valence electrons. The van der Waals surface area contributed by atoms with Gasteiger partial charge in [-0.3, -0.25) is 0 Å². The van der Waals surface area contributed by atoms with E-state index in [1.807, 2.05) is 0 Å². The Morgan fingerprint density at radius 1 is 1.30 bits per heavy atom. The number of benzene rings is 1. The molecule has 0 unspecified atom stereocenters. The summed E-state index contributed by atoms with van der Waals surface area (Å²) >= 11 is 0. The van der Waals surface area contributed by atoms with Crippen molar-refractivity contribution in [1.82, 2.24) is 4.31 Å². The Bertz CT molecular complexity index is 597. The third-order valence-corrected chi connectivity index (χ3v) is 4.39. The Morgan fingerprint density at radius 2 is 1.90 bits per heavy atom. The predicted molar refractivity (Wildman–Crippen MR) is 76.9 cm³/mol. The van der Waals surface area contributed by atoms with E-state index in [0.717, 1.165) is 0 Å². The molecule has 0 fully saturated rings. The number of hydrogen-bond acceptors (Lipinski definition) is 4. The largest absolute Gasteiger partial charge is 0.465 e. The van der Waals surface area contributed by atoms with E-state index < -0.39 is 16.0 Å². The third-order valence-electron chi connectivity index (χ3n) is 2.56. The highest BCUT2D eigenvalue weighted by atomic mass is 32.2. The zero-order valence-electron chi connectivity index (χ0n) is 11.3. The van der Waals surface area contributed by atoms with Crippen molar-refractivity contribution in [1.29, 1.82) is 0 Å². The Labute approximate surface area is 119 Å². The van der Waals surface area contributed by atoms with Crippen molar-refractivity contribution in [2.75, 3.05) is 20.2 Å². The fraction of sp³-hybridized carbons (Fsp3) is 0.214. The number of esters is 1. The molecule has 0 bridgehead atoms. The standard InChI is InChI=1S/C14H17NO4S/c1-4-9-15(10-5-2)20(17,18)13-8-6-7-12(11-13)14(16)19-3/h4-8,11H,1-2,9-10H2,3H3. The summed E-state index contributed by atoms with van der Waals surface area (Å²) in [6, 6.07) is 5.72. The molecular weight excluding hydrogens is 278 g/mol. The van der Waals surface area contributed by atoms with Crippen molar-refractivity contribution in [2.24, 2.45) is 0 Å². The van der Waals surface area contributed by atoms with E-state index in [2.05, 4.69) is 17.9 Å². The molecule has 0 aliphatic carbocycles. The molecule has 20 heavy (non-hydrogen) atoms. The summed E-state index contributed by atoms with van der Waals surface area (Å²) in [6.45, 7) is 7.40. The van der Waals surface area contributed by atoms with Crippen LogP contribution in [0.15, 0.2) is 54.5 Å². The van der Waals surface area contributed by atoms with Crippen molar-refractivity contribution >= 4 is 16.0 Å². The molecule has 1 rings (SSSR count). The van der Waals surface area contributed by atoms with Gasteiger partial charge in [0.1, 0.15) is 0 Å². The second-order valence-corrected chi connectivity index (χ2v) is 5.86. The molecule has 0 heterocycles. The quantitative estimate of drug-likeness (QED) is 0.569. The second-order valence-electron chi connectivity index (χ2n) is 3.92. The molecule has 1 aromatic rings. The molecule has 0 N–H and O–H groups in total. The van der Waals surface area contributed by atoms with Crippen LogP contribution < -0.4 is 0 Å². The Morgan fingerprint density at radius 3 is 2.40 bits per heavy atom. The first-order valence-corrected chi connectivity index (χ1v) is 7.31. The van der Waals surface area contributed by atoms with Crippen LogP contribution in [0.1, 0.15) is 10.4 Å². The molecule has 0 atom stereocenters. The zero-order valence-corrected chi connectivity index (χ0v) is 12.1. The van der Waals surface area contributed by atoms with Crippen LogP contribution in [-0.4, -0.2) is 38.9 Å². The van der Waals surface area contributed by atoms with Gasteiger partial charge in [0.05, 0.1) is 17.6 Å². The summed E-state index contributed by atoms with van der Waals surface area (Å²) in [5.74, 6) is -0.582. The molecule has 0 aromatic heterocycles. The average Bonchev–Trinajstić information content (AvgIpc) is 2.46. The first-order chi connectivity index (χ1) is 9.47. The third kappa shape index (κ3) is 3.55. The summed E-state index contributed by atoms with van der Waals surface area (Å²) in [5, 5.41) is 0. The zero-order chi connectivity index (χ0) is 15.2. The fourth-order valence-corrected chi connectivity index (χ4v) is 3.04. The number of carbonyl (C=O) groups excluding carboxylic acids is 1. The topological polar surface area (TPSA) is 63.7 Å². The number of carbonyl (C=O) groups is 1. The maximum absolute atomic E-state index is 12.5. The van der Waals surface area contributed by atoms with Crippen molar-refractivity contribution in [3.05, 3.63) is 55.1 Å². The maximum Gasteiger partial charge on any atom is 0.337 e. The number of methoxy groups -OCH3 is 1. The first-order valence-electron chi connectivity index (χ1n) is 5.87. The highest BCUT2D eigenvalue weighted by Crippen LogP contribution is 2.17. The maximum atomic E-state index is 12.5. The molecule has 0 saturated carbocycles. The van der Waals surface area contributed by atoms with E-state index in [-0.39, 0.29) is 23.5 Å². The fourth-order valence-electron chi connectivity index (χ4n) is 1.61. The number of ether oxygens (including phenoxy) is 1. The van der Waals surface area contributed by atoms with Crippen molar-refractivity contribution in [3.8, 4) is 0 Å². The van der Waals surface area contributed by atoms with Gasteiger partial charge in [-0.2, -0.15) is 4.31 Å². The van der Waals surface area contributed by atoms with Crippen molar-refractivity contribution in [3.63, 3.8) is 0 Å². The molecule has 0 aliphatic heterocycles. The molecule has 0 saturated heterocycles. The Hall–Kier alpha value is -1.92. The molecular formula is C14H17NO4S. The Kier molecular flexibility index (Phi) is 5.66. The minimum absolute atomic E-state index is 0.0316. The van der Waals surface area contributed by atoms with Crippen LogP contribution in [0.3, 0.4) is 0 Å². The van der Waals surface area contributed by atoms with E-state index in [9.17, 15) is 13.2 Å². The predicted octanol–water partition coefficient (Wildman–Crippen LogP) is 1.84. The normalized spacial score (nSPS) is 11.1. The van der Waals surface area contributed by atoms with E-state index in [4.69, 9.17) is 0 Å². The molecule has 0 amide bonds. The summed E-state index contributed by atoms with van der Waals surface area (Å²) in [5.41, 5.74) is 0.186. The summed E-state index contributed by atoms with van der Waals surface area (Å²) in [6.07, 6.45) is 2.98. The smallest absolute Gasteiger partial charge is 0.337 e. The van der Waals surface area contributed by atoms with Gasteiger partial charge in [0, 0.05) is 13.1 Å². The van der Waals surface area contributed by atoms with Gasteiger partial charge < -0.3 is 4.74 Å². The number of sulfonamides is 1. The van der Waals surface area contributed by atoms with Crippen molar-refractivity contribution in [2.45, 2.75) is 4.90 Å².